The lowest BCUT2D eigenvalue weighted by molar-refractivity contribution is 0.582. The molecule has 0 radical (unpaired) electrons. The Morgan fingerprint density at radius 2 is 1.60 bits per heavy atom. The molecule has 0 aliphatic carbocycles. The highest BCUT2D eigenvalue weighted by Gasteiger charge is 2.19. The Morgan fingerprint density at radius 1 is 1.07 bits per heavy atom. The Labute approximate surface area is 87.3 Å². The van der Waals surface area contributed by atoms with Crippen molar-refractivity contribution in [1.29, 1.82) is 0 Å². The van der Waals surface area contributed by atoms with E-state index < -0.39 is 36.5 Å². The maximum Gasteiger partial charge on any atom is 0.247 e. The highest BCUT2D eigenvalue weighted by Crippen LogP contribution is 2.02. The van der Waals surface area contributed by atoms with Crippen LogP contribution in [-0.4, -0.2) is 38.3 Å². The minimum Gasteiger partial charge on any atom is -0.229 e. The van der Waals surface area contributed by atoms with Gasteiger partial charge in [0.2, 0.25) is 25.0 Å². The first kappa shape index (κ1) is 12.0. The van der Waals surface area contributed by atoms with Gasteiger partial charge in [-0.1, -0.05) is 0 Å². The van der Waals surface area contributed by atoms with E-state index in [1.165, 1.54) is 18.5 Å². The third kappa shape index (κ3) is 3.90. The van der Waals surface area contributed by atoms with Crippen molar-refractivity contribution in [3.05, 3.63) is 18.5 Å². The smallest absolute Gasteiger partial charge is 0.229 e. The number of hydrogen-bond acceptors (Lipinski definition) is 6. The fourth-order valence-corrected chi connectivity index (χ4v) is 3.20. The third-order valence-corrected chi connectivity index (χ3v) is 4.00. The predicted octanol–water partition coefficient (Wildman–Crippen LogP) is -1.46. The summed E-state index contributed by atoms with van der Waals surface area (Å²) in [5.41, 5.74) is 0. The van der Waals surface area contributed by atoms with Gasteiger partial charge in [0.1, 0.15) is 0 Å². The lowest BCUT2D eigenvalue weighted by Gasteiger charge is -2.00. The van der Waals surface area contributed by atoms with Crippen molar-refractivity contribution in [2.24, 2.45) is 5.14 Å². The molecule has 0 fully saturated rings. The van der Waals surface area contributed by atoms with Gasteiger partial charge in [-0.25, -0.2) is 31.9 Å². The van der Waals surface area contributed by atoms with Crippen LogP contribution in [0.15, 0.2) is 23.6 Å². The van der Waals surface area contributed by atoms with Crippen molar-refractivity contribution in [1.82, 2.24) is 9.97 Å². The number of nitrogens with zero attached hydrogens (tertiary/aromatic N) is 2. The van der Waals surface area contributed by atoms with E-state index in [-0.39, 0.29) is 0 Å². The summed E-state index contributed by atoms with van der Waals surface area (Å²) in [5.74, 6) is -1.26. The maximum atomic E-state index is 11.4. The van der Waals surface area contributed by atoms with Crippen molar-refractivity contribution in [2.45, 2.75) is 5.16 Å². The molecule has 84 valence electrons. The molecule has 15 heavy (non-hydrogen) atoms. The number of nitrogens with two attached hydrogens (primary N) is 1. The van der Waals surface area contributed by atoms with Crippen LogP contribution in [0.25, 0.3) is 0 Å². The average Bonchev–Trinajstić information content (AvgIpc) is 2.16. The number of primary sulfonamides is 1. The molecule has 7 nitrogen and oxygen atoms in total. The number of sulfone groups is 1. The van der Waals surface area contributed by atoms with Crippen molar-refractivity contribution < 1.29 is 16.8 Å². The first-order valence-electron chi connectivity index (χ1n) is 3.81. The molecule has 0 aliphatic heterocycles. The second-order valence-corrected chi connectivity index (χ2v) is 6.45. The molecule has 0 unspecified atom stereocenters. The normalized spacial score (nSPS) is 12.6. The summed E-state index contributed by atoms with van der Waals surface area (Å²) in [6.45, 7) is 0. The Hall–Kier alpha value is -1.06. The molecule has 0 amide bonds. The van der Waals surface area contributed by atoms with E-state index in [1.807, 2.05) is 0 Å². The molecule has 0 saturated heterocycles. The SMILES string of the molecule is NS(=O)(=O)CCS(=O)(=O)c1ncccn1. The minimum atomic E-state index is -3.80. The fourth-order valence-electron chi connectivity index (χ4n) is 0.763. The molecule has 1 aromatic heterocycles. The zero-order valence-corrected chi connectivity index (χ0v) is 9.20. The number of sulfonamides is 1. The molecule has 0 aromatic carbocycles. The standard InChI is InChI=1S/C6H9N3O4S2/c7-15(12,13)5-4-14(10,11)6-8-2-1-3-9-6/h1-3H,4-5H2,(H2,7,12,13). The van der Waals surface area contributed by atoms with Gasteiger partial charge in [0.25, 0.3) is 0 Å². The van der Waals surface area contributed by atoms with Crippen LogP contribution in [-0.2, 0) is 19.9 Å². The largest absolute Gasteiger partial charge is 0.247 e. The van der Waals surface area contributed by atoms with Crippen LogP contribution < -0.4 is 5.14 Å². The van der Waals surface area contributed by atoms with E-state index in [1.54, 1.807) is 0 Å². The van der Waals surface area contributed by atoms with E-state index in [4.69, 9.17) is 0 Å². The van der Waals surface area contributed by atoms with E-state index >= 15 is 0 Å². The van der Waals surface area contributed by atoms with Crippen LogP contribution in [0.2, 0.25) is 0 Å². The van der Waals surface area contributed by atoms with E-state index in [2.05, 4.69) is 15.1 Å². The van der Waals surface area contributed by atoms with Crippen LogP contribution in [0.3, 0.4) is 0 Å². The summed E-state index contributed by atoms with van der Waals surface area (Å²) in [7, 11) is -7.57. The zero-order valence-electron chi connectivity index (χ0n) is 7.57. The predicted molar refractivity (Wildman–Crippen MR) is 52.1 cm³/mol. The van der Waals surface area contributed by atoms with E-state index in [9.17, 15) is 16.8 Å². The Bertz CT molecular complexity index is 523. The molecular weight excluding hydrogens is 242 g/mol. The Morgan fingerprint density at radius 3 is 2.07 bits per heavy atom. The van der Waals surface area contributed by atoms with Gasteiger partial charge in [-0.3, -0.25) is 0 Å². The van der Waals surface area contributed by atoms with Gasteiger partial charge in [-0.15, -0.1) is 0 Å². The molecule has 0 aliphatic rings. The monoisotopic (exact) mass is 251 g/mol. The van der Waals surface area contributed by atoms with Crippen LogP contribution in [0.4, 0.5) is 0 Å². The van der Waals surface area contributed by atoms with Crippen molar-refractivity contribution in [2.75, 3.05) is 11.5 Å². The maximum absolute atomic E-state index is 11.4. The first-order valence-corrected chi connectivity index (χ1v) is 7.18. The first-order chi connectivity index (χ1) is 6.81. The van der Waals surface area contributed by atoms with Gasteiger partial charge in [0, 0.05) is 12.4 Å². The van der Waals surface area contributed by atoms with Gasteiger partial charge in [0.05, 0.1) is 11.5 Å². The van der Waals surface area contributed by atoms with Crippen LogP contribution >= 0.6 is 0 Å². The minimum absolute atomic E-state index is 0.395. The molecule has 0 bridgehead atoms. The van der Waals surface area contributed by atoms with Crippen molar-refractivity contribution in [3.63, 3.8) is 0 Å². The molecule has 0 spiro atoms. The van der Waals surface area contributed by atoms with Crippen molar-refractivity contribution >= 4 is 19.9 Å². The fraction of sp³-hybridized carbons (Fsp3) is 0.333. The zero-order chi connectivity index (χ0) is 11.5. The van der Waals surface area contributed by atoms with E-state index in [0.29, 0.717) is 0 Å². The highest BCUT2D eigenvalue weighted by atomic mass is 32.2. The average molecular weight is 251 g/mol. The van der Waals surface area contributed by atoms with Crippen LogP contribution in [0.5, 0.6) is 0 Å². The Balaban J connectivity index is 2.87. The number of aromatic nitrogens is 2. The van der Waals surface area contributed by atoms with Crippen LogP contribution in [0.1, 0.15) is 0 Å². The topological polar surface area (TPSA) is 120 Å². The third-order valence-electron chi connectivity index (χ3n) is 1.46. The highest BCUT2D eigenvalue weighted by molar-refractivity contribution is 7.94. The Kier molecular flexibility index (Phi) is 3.37. The molecule has 0 atom stereocenters. The second-order valence-electron chi connectivity index (χ2n) is 2.72. The lowest BCUT2D eigenvalue weighted by atomic mass is 10.7. The van der Waals surface area contributed by atoms with Crippen molar-refractivity contribution in [3.8, 4) is 0 Å². The lowest BCUT2D eigenvalue weighted by Crippen LogP contribution is -2.24. The second kappa shape index (κ2) is 4.21. The summed E-state index contributed by atoms with van der Waals surface area (Å²) in [5, 5.41) is 4.29. The summed E-state index contributed by atoms with van der Waals surface area (Å²) in [6, 6.07) is 1.46. The molecular formula is C6H9N3O4S2. The van der Waals surface area contributed by atoms with Gasteiger partial charge in [-0.2, -0.15) is 0 Å². The molecule has 1 aromatic rings. The molecule has 0 saturated carbocycles. The molecule has 9 heteroatoms. The molecule has 2 N–H and O–H groups in total. The number of rotatable bonds is 4. The number of hydrogen-bond donors (Lipinski definition) is 1. The summed E-state index contributed by atoms with van der Waals surface area (Å²) >= 11 is 0. The van der Waals surface area contributed by atoms with Gasteiger partial charge < -0.3 is 0 Å². The molecule has 1 rings (SSSR count). The summed E-state index contributed by atoms with van der Waals surface area (Å²) in [4.78, 5) is 7.03. The van der Waals surface area contributed by atoms with Gasteiger partial charge >= 0.3 is 0 Å². The van der Waals surface area contributed by atoms with Crippen LogP contribution in [0, 0.1) is 0 Å². The quantitative estimate of drug-likeness (QED) is 0.653. The summed E-state index contributed by atoms with van der Waals surface area (Å²) in [6.07, 6.45) is 2.52. The van der Waals surface area contributed by atoms with Gasteiger partial charge in [-0.05, 0) is 6.07 Å². The summed E-state index contributed by atoms with van der Waals surface area (Å²) < 4.78 is 44.0. The molecule has 1 heterocycles. The van der Waals surface area contributed by atoms with E-state index in [0.717, 1.165) is 0 Å². The van der Waals surface area contributed by atoms with Gasteiger partial charge in [0.15, 0.2) is 0 Å².